The van der Waals surface area contributed by atoms with Crippen LogP contribution in [0.3, 0.4) is 0 Å². The second-order valence-electron chi connectivity index (χ2n) is 5.26. The van der Waals surface area contributed by atoms with E-state index in [-0.39, 0.29) is 5.97 Å². The number of rotatable bonds is 4. The second kappa shape index (κ2) is 6.24. The highest BCUT2D eigenvalue weighted by Gasteiger charge is 2.39. The molecule has 1 aliphatic carbocycles. The summed E-state index contributed by atoms with van der Waals surface area (Å²) < 4.78 is 4.98. The van der Waals surface area contributed by atoms with Crippen molar-refractivity contribution in [3.8, 4) is 0 Å². The van der Waals surface area contributed by atoms with Crippen molar-refractivity contribution in [1.82, 2.24) is 5.32 Å². The minimum absolute atomic E-state index is 0.0740. The summed E-state index contributed by atoms with van der Waals surface area (Å²) in [4.78, 5) is 12.0. The van der Waals surface area contributed by atoms with E-state index in [9.17, 15) is 4.79 Å². The van der Waals surface area contributed by atoms with Gasteiger partial charge in [0.25, 0.3) is 0 Å². The lowest BCUT2D eigenvalue weighted by molar-refractivity contribution is -0.149. The van der Waals surface area contributed by atoms with Crippen molar-refractivity contribution in [2.24, 2.45) is 5.92 Å². The number of nitrogens with one attached hydrogen (secondary N) is 1. The molecule has 0 aliphatic heterocycles. The molecule has 0 atom stereocenters. The third kappa shape index (κ3) is 3.48. The average molecular weight is 227 g/mol. The predicted octanol–water partition coefficient (Wildman–Crippen LogP) is 2.50. The van der Waals surface area contributed by atoms with Crippen molar-refractivity contribution in [1.29, 1.82) is 0 Å². The molecule has 0 bridgehead atoms. The SMILES string of the molecule is COC(=O)C1(NCC(C)C)CCCCCC1. The Morgan fingerprint density at radius 1 is 1.25 bits per heavy atom. The molecule has 0 heterocycles. The molecular weight excluding hydrogens is 202 g/mol. The Hall–Kier alpha value is -0.570. The molecule has 3 nitrogen and oxygen atoms in total. The van der Waals surface area contributed by atoms with Crippen LogP contribution in [0.1, 0.15) is 52.4 Å². The van der Waals surface area contributed by atoms with E-state index >= 15 is 0 Å². The Labute approximate surface area is 98.9 Å². The maximum Gasteiger partial charge on any atom is 0.326 e. The summed E-state index contributed by atoms with van der Waals surface area (Å²) >= 11 is 0. The van der Waals surface area contributed by atoms with Crippen LogP contribution in [0.5, 0.6) is 0 Å². The van der Waals surface area contributed by atoms with Gasteiger partial charge in [-0.15, -0.1) is 0 Å². The van der Waals surface area contributed by atoms with E-state index in [1.165, 1.54) is 20.0 Å². The van der Waals surface area contributed by atoms with Gasteiger partial charge in [0, 0.05) is 0 Å². The first-order valence-electron chi connectivity index (χ1n) is 6.44. The smallest absolute Gasteiger partial charge is 0.326 e. The minimum atomic E-state index is -0.407. The fraction of sp³-hybridized carbons (Fsp3) is 0.923. The van der Waals surface area contributed by atoms with Gasteiger partial charge in [0.2, 0.25) is 0 Å². The molecule has 0 saturated heterocycles. The van der Waals surface area contributed by atoms with E-state index in [0.29, 0.717) is 5.92 Å². The van der Waals surface area contributed by atoms with Crippen LogP contribution in [0.25, 0.3) is 0 Å². The number of hydrogen-bond acceptors (Lipinski definition) is 3. The summed E-state index contributed by atoms with van der Waals surface area (Å²) in [6.45, 7) is 5.21. The molecule has 1 saturated carbocycles. The monoisotopic (exact) mass is 227 g/mol. The lowest BCUT2D eigenvalue weighted by atomic mass is 9.89. The third-order valence-corrected chi connectivity index (χ3v) is 3.38. The number of hydrogen-bond donors (Lipinski definition) is 1. The number of carbonyl (C=O) groups excluding carboxylic acids is 1. The first-order chi connectivity index (χ1) is 7.60. The highest BCUT2D eigenvalue weighted by molar-refractivity contribution is 5.80. The number of carbonyl (C=O) groups is 1. The molecule has 0 aromatic carbocycles. The molecule has 1 aliphatic rings. The van der Waals surface area contributed by atoms with Crippen molar-refractivity contribution in [2.75, 3.05) is 13.7 Å². The third-order valence-electron chi connectivity index (χ3n) is 3.38. The molecule has 0 aromatic rings. The Morgan fingerprint density at radius 2 is 1.81 bits per heavy atom. The molecule has 0 amide bonds. The normalized spacial score (nSPS) is 20.5. The van der Waals surface area contributed by atoms with Gasteiger partial charge in [-0.1, -0.05) is 39.5 Å². The van der Waals surface area contributed by atoms with Crippen LogP contribution in [-0.2, 0) is 9.53 Å². The number of esters is 1. The van der Waals surface area contributed by atoms with Crippen LogP contribution in [0.2, 0.25) is 0 Å². The van der Waals surface area contributed by atoms with Gasteiger partial charge in [0.15, 0.2) is 0 Å². The second-order valence-corrected chi connectivity index (χ2v) is 5.26. The summed E-state index contributed by atoms with van der Waals surface area (Å²) in [7, 11) is 1.49. The van der Waals surface area contributed by atoms with Crippen molar-refractivity contribution in [3.05, 3.63) is 0 Å². The van der Waals surface area contributed by atoms with Crippen LogP contribution in [0.4, 0.5) is 0 Å². The minimum Gasteiger partial charge on any atom is -0.468 e. The van der Waals surface area contributed by atoms with Gasteiger partial charge in [-0.05, 0) is 25.3 Å². The van der Waals surface area contributed by atoms with Crippen LogP contribution < -0.4 is 5.32 Å². The molecule has 1 rings (SSSR count). The summed E-state index contributed by atoms with van der Waals surface area (Å²) in [6, 6.07) is 0. The molecule has 0 radical (unpaired) electrons. The Balaban J connectivity index is 2.69. The fourth-order valence-electron chi connectivity index (χ4n) is 2.38. The van der Waals surface area contributed by atoms with Crippen LogP contribution in [0.15, 0.2) is 0 Å². The molecule has 0 unspecified atom stereocenters. The zero-order chi connectivity index (χ0) is 12.0. The quantitative estimate of drug-likeness (QED) is 0.592. The van der Waals surface area contributed by atoms with Gasteiger partial charge >= 0.3 is 5.97 Å². The lowest BCUT2D eigenvalue weighted by Gasteiger charge is -2.31. The van der Waals surface area contributed by atoms with E-state index in [0.717, 1.165) is 32.2 Å². The fourth-order valence-corrected chi connectivity index (χ4v) is 2.38. The maximum atomic E-state index is 12.0. The summed E-state index contributed by atoms with van der Waals surface area (Å²) in [5.74, 6) is 0.486. The van der Waals surface area contributed by atoms with Gasteiger partial charge in [-0.2, -0.15) is 0 Å². The van der Waals surface area contributed by atoms with E-state index in [2.05, 4.69) is 19.2 Å². The zero-order valence-electron chi connectivity index (χ0n) is 10.8. The van der Waals surface area contributed by atoms with E-state index in [4.69, 9.17) is 4.74 Å². The van der Waals surface area contributed by atoms with Gasteiger partial charge in [0.05, 0.1) is 7.11 Å². The van der Waals surface area contributed by atoms with Crippen molar-refractivity contribution < 1.29 is 9.53 Å². The largest absolute Gasteiger partial charge is 0.468 e. The van der Waals surface area contributed by atoms with E-state index in [1.807, 2.05) is 0 Å². The summed E-state index contributed by atoms with van der Waals surface area (Å²) in [6.07, 6.45) is 6.57. The van der Waals surface area contributed by atoms with Gasteiger partial charge in [-0.3, -0.25) is 4.79 Å². The van der Waals surface area contributed by atoms with Crippen LogP contribution >= 0.6 is 0 Å². The van der Waals surface area contributed by atoms with Crippen LogP contribution in [-0.4, -0.2) is 25.2 Å². The first kappa shape index (κ1) is 13.5. The Bertz CT molecular complexity index is 218. The summed E-state index contributed by atoms with van der Waals surface area (Å²) in [5.41, 5.74) is -0.407. The van der Waals surface area contributed by atoms with Gasteiger partial charge in [-0.25, -0.2) is 0 Å². The standard InChI is InChI=1S/C13H25NO2/c1-11(2)10-14-13(12(15)16-3)8-6-4-5-7-9-13/h11,14H,4-10H2,1-3H3. The van der Waals surface area contributed by atoms with E-state index < -0.39 is 5.54 Å². The molecular formula is C13H25NO2. The van der Waals surface area contributed by atoms with Crippen molar-refractivity contribution in [3.63, 3.8) is 0 Å². The average Bonchev–Trinajstić information content (AvgIpc) is 2.51. The Kier molecular flexibility index (Phi) is 5.26. The first-order valence-corrected chi connectivity index (χ1v) is 6.44. The molecule has 94 valence electrons. The van der Waals surface area contributed by atoms with Crippen molar-refractivity contribution >= 4 is 5.97 Å². The zero-order valence-corrected chi connectivity index (χ0v) is 10.8. The van der Waals surface area contributed by atoms with Crippen molar-refractivity contribution in [2.45, 2.75) is 57.9 Å². The molecule has 3 heteroatoms. The Morgan fingerprint density at radius 3 is 2.25 bits per heavy atom. The molecule has 16 heavy (non-hydrogen) atoms. The maximum absolute atomic E-state index is 12.0. The van der Waals surface area contributed by atoms with Gasteiger partial charge < -0.3 is 10.1 Å². The molecule has 0 aromatic heterocycles. The molecule has 1 fully saturated rings. The lowest BCUT2D eigenvalue weighted by Crippen LogP contribution is -2.53. The van der Waals surface area contributed by atoms with Gasteiger partial charge in [0.1, 0.15) is 5.54 Å². The molecule has 1 N–H and O–H groups in total. The number of ether oxygens (including phenoxy) is 1. The predicted molar refractivity (Wildman–Crippen MR) is 65.3 cm³/mol. The molecule has 0 spiro atoms. The summed E-state index contributed by atoms with van der Waals surface area (Å²) in [5, 5.41) is 3.45. The topological polar surface area (TPSA) is 38.3 Å². The van der Waals surface area contributed by atoms with E-state index in [1.54, 1.807) is 0 Å². The highest BCUT2D eigenvalue weighted by Crippen LogP contribution is 2.28. The number of methoxy groups -OCH3 is 1. The van der Waals surface area contributed by atoms with Crippen LogP contribution in [0, 0.1) is 5.92 Å². The highest BCUT2D eigenvalue weighted by atomic mass is 16.5.